The van der Waals surface area contributed by atoms with E-state index in [4.69, 9.17) is 4.74 Å². The van der Waals surface area contributed by atoms with Gasteiger partial charge < -0.3 is 15.4 Å². The first kappa shape index (κ1) is 23.5. The number of nitrogens with one attached hydrogen (secondary N) is 2. The van der Waals surface area contributed by atoms with Crippen LogP contribution in [0.3, 0.4) is 0 Å². The summed E-state index contributed by atoms with van der Waals surface area (Å²) in [5.41, 5.74) is 2.82. The molecule has 32 heavy (non-hydrogen) atoms. The highest BCUT2D eigenvalue weighted by atomic mass is 79.9. The highest BCUT2D eigenvalue weighted by molar-refractivity contribution is 9.10. The first-order valence-electron chi connectivity index (χ1n) is 10.5. The number of hydrogen-bond acceptors (Lipinski definition) is 3. The molecule has 3 aromatic rings. The summed E-state index contributed by atoms with van der Waals surface area (Å²) in [5, 5.41) is 5.95. The van der Waals surface area contributed by atoms with E-state index in [2.05, 4.69) is 26.6 Å². The maximum atomic E-state index is 13.1. The van der Waals surface area contributed by atoms with Crippen LogP contribution in [0, 0.1) is 0 Å². The third-order valence-corrected chi connectivity index (χ3v) is 5.72. The number of rotatable bonds is 9. The molecule has 0 aliphatic heterocycles. The van der Waals surface area contributed by atoms with Crippen molar-refractivity contribution in [2.45, 2.75) is 31.8 Å². The quantitative estimate of drug-likeness (QED) is 0.456. The van der Waals surface area contributed by atoms with Crippen molar-refractivity contribution in [3.63, 3.8) is 0 Å². The smallest absolute Gasteiger partial charge is 0.243 e. The molecule has 0 saturated carbocycles. The summed E-state index contributed by atoms with van der Waals surface area (Å²) in [6.45, 7) is 1.93. The van der Waals surface area contributed by atoms with Crippen molar-refractivity contribution in [3.8, 4) is 5.75 Å². The van der Waals surface area contributed by atoms with Crippen LogP contribution in [0.5, 0.6) is 5.75 Å². The minimum atomic E-state index is -0.687. The molecule has 0 spiro atoms. The Morgan fingerprint density at radius 2 is 1.50 bits per heavy atom. The van der Waals surface area contributed by atoms with Crippen molar-refractivity contribution in [2.24, 2.45) is 0 Å². The van der Waals surface area contributed by atoms with E-state index in [-0.39, 0.29) is 24.3 Å². The van der Waals surface area contributed by atoms with Crippen molar-refractivity contribution in [1.29, 1.82) is 0 Å². The van der Waals surface area contributed by atoms with Crippen LogP contribution in [0.25, 0.3) is 0 Å². The Kier molecular flexibility index (Phi) is 8.45. The average molecular weight is 495 g/mol. The third kappa shape index (κ3) is 6.95. The minimum absolute atomic E-state index is 0.172. The van der Waals surface area contributed by atoms with E-state index < -0.39 is 6.04 Å². The van der Waals surface area contributed by atoms with E-state index in [0.29, 0.717) is 6.42 Å². The van der Waals surface area contributed by atoms with Crippen molar-refractivity contribution >= 4 is 27.7 Å². The van der Waals surface area contributed by atoms with Crippen LogP contribution in [0.4, 0.5) is 0 Å². The first-order chi connectivity index (χ1) is 15.4. The zero-order valence-electron chi connectivity index (χ0n) is 18.2. The summed E-state index contributed by atoms with van der Waals surface area (Å²) in [7, 11) is 1.60. The lowest BCUT2D eigenvalue weighted by Gasteiger charge is -2.22. The second kappa shape index (κ2) is 11.5. The molecule has 0 aliphatic carbocycles. The largest absolute Gasteiger partial charge is 0.497 e. The Morgan fingerprint density at radius 1 is 0.875 bits per heavy atom. The van der Waals surface area contributed by atoms with Gasteiger partial charge in [-0.1, -0.05) is 70.5 Å². The molecule has 6 heteroatoms. The molecular formula is C26H27BrN2O3. The lowest BCUT2D eigenvalue weighted by molar-refractivity contribution is -0.129. The van der Waals surface area contributed by atoms with Gasteiger partial charge in [0, 0.05) is 10.9 Å². The Bertz CT molecular complexity index is 1020. The lowest BCUT2D eigenvalue weighted by atomic mass is 10.0. The minimum Gasteiger partial charge on any atom is -0.497 e. The molecule has 2 amide bonds. The number of carbonyl (C=O) groups excluding carboxylic acids is 2. The standard InChI is InChI=1S/C26H27BrN2O3/c1-18(21-6-4-3-5-7-21)28-26(31)24(16-19-8-12-22(27)13-9-19)29-25(30)17-20-10-14-23(32-2)15-11-20/h3-15,18,24H,16-17H2,1-2H3,(H,28,31)(H,29,30)/t18-,24+/m1/s1. The highest BCUT2D eigenvalue weighted by Crippen LogP contribution is 2.15. The van der Waals surface area contributed by atoms with Gasteiger partial charge in [-0.15, -0.1) is 0 Å². The van der Waals surface area contributed by atoms with Crippen LogP contribution in [0.1, 0.15) is 29.7 Å². The molecule has 0 aliphatic rings. The highest BCUT2D eigenvalue weighted by Gasteiger charge is 2.23. The van der Waals surface area contributed by atoms with Gasteiger partial charge in [0.1, 0.15) is 11.8 Å². The number of halogens is 1. The predicted octanol–water partition coefficient (Wildman–Crippen LogP) is 4.61. The van der Waals surface area contributed by atoms with Crippen molar-refractivity contribution in [3.05, 3.63) is 100 Å². The number of amides is 2. The fourth-order valence-electron chi connectivity index (χ4n) is 3.38. The summed E-state index contributed by atoms with van der Waals surface area (Å²) >= 11 is 3.43. The fourth-order valence-corrected chi connectivity index (χ4v) is 3.64. The normalized spacial score (nSPS) is 12.5. The lowest BCUT2D eigenvalue weighted by Crippen LogP contribution is -2.49. The number of benzene rings is 3. The van der Waals surface area contributed by atoms with Crippen LogP contribution in [0.15, 0.2) is 83.3 Å². The molecule has 0 saturated heterocycles. The molecule has 5 nitrogen and oxygen atoms in total. The number of carbonyl (C=O) groups is 2. The molecule has 166 valence electrons. The van der Waals surface area contributed by atoms with E-state index in [0.717, 1.165) is 26.9 Å². The molecule has 2 N–H and O–H groups in total. The average Bonchev–Trinajstić information content (AvgIpc) is 2.81. The molecule has 0 heterocycles. The molecule has 0 aromatic heterocycles. The summed E-state index contributed by atoms with van der Waals surface area (Å²) in [4.78, 5) is 25.9. The van der Waals surface area contributed by atoms with Gasteiger partial charge >= 0.3 is 0 Å². The van der Waals surface area contributed by atoms with E-state index in [1.807, 2.05) is 85.8 Å². The number of ether oxygens (including phenoxy) is 1. The maximum absolute atomic E-state index is 13.1. The van der Waals surface area contributed by atoms with Crippen LogP contribution < -0.4 is 15.4 Å². The first-order valence-corrected chi connectivity index (χ1v) is 11.3. The van der Waals surface area contributed by atoms with E-state index in [1.165, 1.54) is 0 Å². The molecule has 2 atom stereocenters. The zero-order chi connectivity index (χ0) is 22.9. The van der Waals surface area contributed by atoms with Gasteiger partial charge in [0.2, 0.25) is 11.8 Å². The zero-order valence-corrected chi connectivity index (χ0v) is 19.8. The molecule has 3 aromatic carbocycles. The summed E-state index contributed by atoms with van der Waals surface area (Å²) < 4.78 is 6.12. The number of methoxy groups -OCH3 is 1. The molecule has 0 radical (unpaired) electrons. The summed E-state index contributed by atoms with van der Waals surface area (Å²) in [6.07, 6.45) is 0.581. The Morgan fingerprint density at radius 3 is 2.12 bits per heavy atom. The van der Waals surface area contributed by atoms with E-state index in [9.17, 15) is 9.59 Å². The van der Waals surface area contributed by atoms with Gasteiger partial charge in [-0.25, -0.2) is 0 Å². The molecule has 3 rings (SSSR count). The predicted molar refractivity (Wildman–Crippen MR) is 129 cm³/mol. The van der Waals surface area contributed by atoms with Gasteiger partial charge in [-0.3, -0.25) is 9.59 Å². The van der Waals surface area contributed by atoms with Gasteiger partial charge in [-0.05, 0) is 47.9 Å². The SMILES string of the molecule is COc1ccc(CC(=O)N[C@@H](Cc2ccc(Br)cc2)C(=O)N[C@H](C)c2ccccc2)cc1. The summed E-state index contributed by atoms with van der Waals surface area (Å²) in [6, 6.07) is 24.0. The Hall–Kier alpha value is -3.12. The van der Waals surface area contributed by atoms with Crippen LogP contribution in [-0.4, -0.2) is 25.0 Å². The Balaban J connectivity index is 1.70. The van der Waals surface area contributed by atoms with Gasteiger partial charge in [-0.2, -0.15) is 0 Å². The van der Waals surface area contributed by atoms with Crippen LogP contribution >= 0.6 is 15.9 Å². The third-order valence-electron chi connectivity index (χ3n) is 5.19. The molecule has 0 unspecified atom stereocenters. The summed E-state index contributed by atoms with van der Waals surface area (Å²) in [5.74, 6) is 0.309. The molecular weight excluding hydrogens is 468 g/mol. The van der Waals surface area contributed by atoms with Crippen LogP contribution in [0.2, 0.25) is 0 Å². The van der Waals surface area contributed by atoms with E-state index in [1.54, 1.807) is 7.11 Å². The second-order valence-electron chi connectivity index (χ2n) is 7.62. The Labute approximate surface area is 197 Å². The second-order valence-corrected chi connectivity index (χ2v) is 8.53. The van der Waals surface area contributed by atoms with Crippen LogP contribution in [-0.2, 0) is 22.4 Å². The van der Waals surface area contributed by atoms with E-state index >= 15 is 0 Å². The molecule has 0 fully saturated rings. The topological polar surface area (TPSA) is 67.4 Å². The molecule has 0 bridgehead atoms. The maximum Gasteiger partial charge on any atom is 0.243 e. The van der Waals surface area contributed by atoms with Gasteiger partial charge in [0.15, 0.2) is 0 Å². The van der Waals surface area contributed by atoms with Crippen molar-refractivity contribution in [1.82, 2.24) is 10.6 Å². The van der Waals surface area contributed by atoms with Gasteiger partial charge in [0.05, 0.1) is 19.6 Å². The fraction of sp³-hybridized carbons (Fsp3) is 0.231. The monoisotopic (exact) mass is 494 g/mol. The number of hydrogen-bond donors (Lipinski definition) is 2. The van der Waals surface area contributed by atoms with Gasteiger partial charge in [0.25, 0.3) is 0 Å². The van der Waals surface area contributed by atoms with Crippen molar-refractivity contribution < 1.29 is 14.3 Å². The van der Waals surface area contributed by atoms with Crippen molar-refractivity contribution in [2.75, 3.05) is 7.11 Å².